The number of hydrogen-bond acceptors (Lipinski definition) is 5. The highest BCUT2D eigenvalue weighted by molar-refractivity contribution is 9.10. The number of carbonyl (C=O) groups is 4. The van der Waals surface area contributed by atoms with Gasteiger partial charge in [-0.25, -0.2) is 4.90 Å². The van der Waals surface area contributed by atoms with E-state index in [0.29, 0.717) is 11.3 Å². The fourth-order valence-corrected chi connectivity index (χ4v) is 5.87. The molecule has 3 aromatic carbocycles. The van der Waals surface area contributed by atoms with Gasteiger partial charge in [-0.15, -0.1) is 0 Å². The summed E-state index contributed by atoms with van der Waals surface area (Å²) >= 11 is 3.43. The third kappa shape index (κ3) is 2.65. The average Bonchev–Trinajstić information content (AvgIpc) is 3.40. The number of amides is 2. The Balaban J connectivity index is 1.55. The van der Waals surface area contributed by atoms with Gasteiger partial charge in [0.05, 0.1) is 23.6 Å². The topological polar surface area (TPSA) is 80.8 Å². The third-order valence-corrected chi connectivity index (χ3v) is 7.48. The van der Waals surface area contributed by atoms with Crippen LogP contribution >= 0.6 is 15.9 Å². The van der Waals surface area contributed by atoms with E-state index in [9.17, 15) is 19.2 Å². The highest BCUT2D eigenvalue weighted by Crippen LogP contribution is 2.57. The largest absolute Gasteiger partial charge is 0.349 e. The highest BCUT2D eigenvalue weighted by atomic mass is 79.9. The van der Waals surface area contributed by atoms with Gasteiger partial charge in [-0.2, -0.15) is 0 Å². The summed E-state index contributed by atoms with van der Waals surface area (Å²) in [7, 11) is 0. The SMILES string of the molecule is Cc1ccc(N2C(=O)[C@@H]3[C@@H](c4cccc(Br)c4)OC4(C(=O)c5ccccc5C4=O)[C@@H]3C2=O)cc1. The lowest BCUT2D eigenvalue weighted by molar-refractivity contribution is -0.127. The van der Waals surface area contributed by atoms with Crippen molar-refractivity contribution in [1.82, 2.24) is 0 Å². The van der Waals surface area contributed by atoms with Gasteiger partial charge in [-0.1, -0.05) is 70.0 Å². The maximum Gasteiger partial charge on any atom is 0.241 e. The lowest BCUT2D eigenvalue weighted by atomic mass is 9.77. The number of ether oxygens (including phenoxy) is 1. The molecule has 2 fully saturated rings. The van der Waals surface area contributed by atoms with Gasteiger partial charge in [0.2, 0.25) is 29.0 Å². The molecule has 168 valence electrons. The van der Waals surface area contributed by atoms with Crippen molar-refractivity contribution < 1.29 is 23.9 Å². The molecule has 3 aliphatic rings. The molecule has 2 saturated heterocycles. The predicted octanol–water partition coefficient (Wildman–Crippen LogP) is 4.45. The lowest BCUT2D eigenvalue weighted by Gasteiger charge is -2.27. The summed E-state index contributed by atoms with van der Waals surface area (Å²) in [6, 6.07) is 20.6. The maximum absolute atomic E-state index is 13.8. The Labute approximate surface area is 203 Å². The zero-order valence-electron chi connectivity index (χ0n) is 18.0. The van der Waals surface area contributed by atoms with Gasteiger partial charge in [0.1, 0.15) is 0 Å². The molecule has 1 spiro atoms. The Morgan fingerprint density at radius 1 is 0.824 bits per heavy atom. The zero-order chi connectivity index (χ0) is 23.8. The summed E-state index contributed by atoms with van der Waals surface area (Å²) < 4.78 is 7.04. The first-order valence-corrected chi connectivity index (χ1v) is 11.7. The normalized spacial score (nSPS) is 24.8. The van der Waals surface area contributed by atoms with E-state index in [1.165, 1.54) is 0 Å². The van der Waals surface area contributed by atoms with E-state index in [2.05, 4.69) is 15.9 Å². The van der Waals surface area contributed by atoms with Crippen LogP contribution in [0.15, 0.2) is 77.3 Å². The Kier molecular flexibility index (Phi) is 4.53. The van der Waals surface area contributed by atoms with E-state index in [4.69, 9.17) is 4.74 Å². The van der Waals surface area contributed by atoms with Gasteiger partial charge >= 0.3 is 0 Å². The Morgan fingerprint density at radius 2 is 1.47 bits per heavy atom. The number of aryl methyl sites for hydroxylation is 1. The van der Waals surface area contributed by atoms with Crippen LogP contribution in [0, 0.1) is 18.8 Å². The Morgan fingerprint density at radius 3 is 2.09 bits per heavy atom. The van der Waals surface area contributed by atoms with Crippen molar-refractivity contribution in [1.29, 1.82) is 0 Å². The van der Waals surface area contributed by atoms with Gasteiger partial charge in [-0.3, -0.25) is 19.2 Å². The number of benzene rings is 3. The smallest absolute Gasteiger partial charge is 0.241 e. The van der Waals surface area contributed by atoms with Crippen LogP contribution in [0.25, 0.3) is 0 Å². The van der Waals surface area contributed by atoms with Crippen LogP contribution in [0.5, 0.6) is 0 Å². The number of halogens is 1. The quantitative estimate of drug-likeness (QED) is 0.372. The van der Waals surface area contributed by atoms with Crippen molar-refractivity contribution >= 4 is 45.0 Å². The molecule has 2 aliphatic heterocycles. The molecule has 2 amide bonds. The zero-order valence-corrected chi connectivity index (χ0v) is 19.6. The molecule has 0 N–H and O–H groups in total. The third-order valence-electron chi connectivity index (χ3n) is 6.99. The minimum atomic E-state index is -2.06. The van der Waals surface area contributed by atoms with E-state index in [1.807, 2.05) is 25.1 Å². The first-order valence-electron chi connectivity index (χ1n) is 10.9. The predicted molar refractivity (Wildman–Crippen MR) is 126 cm³/mol. The van der Waals surface area contributed by atoms with E-state index in [0.717, 1.165) is 14.9 Å². The van der Waals surface area contributed by atoms with Gasteiger partial charge < -0.3 is 4.74 Å². The molecule has 0 saturated carbocycles. The summed E-state index contributed by atoms with van der Waals surface area (Å²) in [5.41, 5.74) is 0.378. The fourth-order valence-electron chi connectivity index (χ4n) is 5.45. The number of imide groups is 1. The molecule has 3 atom stereocenters. The summed E-state index contributed by atoms with van der Waals surface area (Å²) in [5.74, 6) is -4.45. The van der Waals surface area contributed by atoms with E-state index < -0.39 is 46.9 Å². The standard InChI is InChI=1S/C27H18BrNO5/c1-14-9-11-17(12-10-14)29-25(32)20-21(26(29)33)27(34-22(20)15-5-4-6-16(28)13-15)23(30)18-7-2-3-8-19(18)24(27)31/h2-13,20-22H,1H3/t20-,21-,22+/m0/s1. The van der Waals surface area contributed by atoms with Crippen LogP contribution in [0.4, 0.5) is 5.69 Å². The second-order valence-electron chi connectivity index (χ2n) is 8.88. The van der Waals surface area contributed by atoms with Crippen LogP contribution in [0.3, 0.4) is 0 Å². The molecule has 7 heteroatoms. The van der Waals surface area contributed by atoms with Gasteiger partial charge in [-0.05, 0) is 36.8 Å². The number of Topliss-reactive ketones (excluding diaryl/α,β-unsaturated/α-hetero) is 2. The van der Waals surface area contributed by atoms with Crippen molar-refractivity contribution in [3.05, 3.63) is 99.5 Å². The summed E-state index contributed by atoms with van der Waals surface area (Å²) in [4.78, 5) is 56.2. The van der Waals surface area contributed by atoms with Crippen molar-refractivity contribution in [2.24, 2.45) is 11.8 Å². The highest BCUT2D eigenvalue weighted by Gasteiger charge is 2.74. The minimum Gasteiger partial charge on any atom is -0.349 e. The van der Waals surface area contributed by atoms with Crippen LogP contribution in [-0.2, 0) is 14.3 Å². The Hall–Kier alpha value is -3.42. The summed E-state index contributed by atoms with van der Waals surface area (Å²) in [6.45, 7) is 1.91. The van der Waals surface area contributed by atoms with Crippen LogP contribution < -0.4 is 4.90 Å². The van der Waals surface area contributed by atoms with Crippen LogP contribution in [0.2, 0.25) is 0 Å². The van der Waals surface area contributed by atoms with Crippen molar-refractivity contribution in [2.45, 2.75) is 18.6 Å². The number of anilines is 1. The van der Waals surface area contributed by atoms with Gasteiger partial charge in [0.15, 0.2) is 0 Å². The van der Waals surface area contributed by atoms with Gasteiger partial charge in [0, 0.05) is 15.6 Å². The molecule has 2 heterocycles. The number of hydrogen-bond donors (Lipinski definition) is 0. The number of nitrogens with zero attached hydrogens (tertiary/aromatic N) is 1. The number of rotatable bonds is 2. The monoisotopic (exact) mass is 515 g/mol. The molecule has 0 radical (unpaired) electrons. The van der Waals surface area contributed by atoms with Crippen molar-refractivity contribution in [3.63, 3.8) is 0 Å². The first kappa shape index (κ1) is 21.1. The minimum absolute atomic E-state index is 0.218. The molecule has 34 heavy (non-hydrogen) atoms. The summed E-state index contributed by atoms with van der Waals surface area (Å²) in [5, 5.41) is 0. The van der Waals surface area contributed by atoms with E-state index in [1.54, 1.807) is 54.6 Å². The second-order valence-corrected chi connectivity index (χ2v) is 9.80. The summed E-state index contributed by atoms with van der Waals surface area (Å²) in [6.07, 6.45) is -0.934. The Bertz CT molecular complexity index is 1380. The molecule has 0 aromatic heterocycles. The van der Waals surface area contributed by atoms with Gasteiger partial charge in [0.25, 0.3) is 0 Å². The van der Waals surface area contributed by atoms with E-state index in [-0.39, 0.29) is 11.1 Å². The van der Waals surface area contributed by atoms with Crippen molar-refractivity contribution in [3.8, 4) is 0 Å². The molecule has 6 nitrogen and oxygen atoms in total. The molecule has 6 rings (SSSR count). The molecule has 3 aromatic rings. The molecular formula is C27H18BrNO5. The molecular weight excluding hydrogens is 498 g/mol. The average molecular weight is 516 g/mol. The fraction of sp³-hybridized carbons (Fsp3) is 0.185. The first-order chi connectivity index (χ1) is 16.3. The maximum atomic E-state index is 13.8. The van der Waals surface area contributed by atoms with Crippen LogP contribution in [-0.4, -0.2) is 29.0 Å². The molecule has 1 aliphatic carbocycles. The number of carbonyl (C=O) groups excluding carboxylic acids is 4. The number of ketones is 2. The molecule has 0 unspecified atom stereocenters. The van der Waals surface area contributed by atoms with Crippen LogP contribution in [0.1, 0.15) is 37.9 Å². The molecule has 0 bridgehead atoms. The van der Waals surface area contributed by atoms with Crippen molar-refractivity contribution in [2.75, 3.05) is 4.90 Å². The van der Waals surface area contributed by atoms with E-state index >= 15 is 0 Å². The lowest BCUT2D eigenvalue weighted by Crippen LogP contribution is -2.51. The number of fused-ring (bicyclic) bond motifs is 3. The second kappa shape index (κ2) is 7.29.